The van der Waals surface area contributed by atoms with Crippen molar-refractivity contribution in [1.29, 1.82) is 0 Å². The first kappa shape index (κ1) is 16.0. The summed E-state index contributed by atoms with van der Waals surface area (Å²) >= 11 is 0. The number of hydrogen-bond donors (Lipinski definition) is 1. The van der Waals surface area contributed by atoms with Crippen LogP contribution in [0.1, 0.15) is 30.3 Å². The lowest BCUT2D eigenvalue weighted by atomic mass is 9.97. The van der Waals surface area contributed by atoms with E-state index in [4.69, 9.17) is 9.84 Å². The highest BCUT2D eigenvalue weighted by molar-refractivity contribution is 5.92. The average Bonchev–Trinajstić information content (AvgIpc) is 2.94. The first-order valence-electron chi connectivity index (χ1n) is 7.22. The van der Waals surface area contributed by atoms with Crippen molar-refractivity contribution in [1.82, 2.24) is 14.7 Å². The molecule has 2 heterocycles. The van der Waals surface area contributed by atoms with Gasteiger partial charge in [0.2, 0.25) is 0 Å². The molecule has 1 fully saturated rings. The molecule has 8 nitrogen and oxygen atoms in total. The van der Waals surface area contributed by atoms with E-state index in [-0.39, 0.29) is 30.0 Å². The summed E-state index contributed by atoms with van der Waals surface area (Å²) in [4.78, 5) is 36.2. The predicted octanol–water partition coefficient (Wildman–Crippen LogP) is 0.383. The molecule has 1 N–H and O–H groups in total. The number of amides is 1. The Morgan fingerprint density at radius 1 is 1.36 bits per heavy atom. The standard InChI is InChI=1S/C14H19N3O5/c1-2-22-14(21)10-3-6-16(7-4-10)13(20)11-5-8-17(15-11)9-12(18)19/h5,8,10H,2-4,6-7,9H2,1H3,(H,18,19). The van der Waals surface area contributed by atoms with E-state index in [1.807, 2.05) is 0 Å². The molecule has 1 saturated heterocycles. The van der Waals surface area contributed by atoms with Crippen molar-refractivity contribution >= 4 is 17.8 Å². The summed E-state index contributed by atoms with van der Waals surface area (Å²) < 4.78 is 6.20. The number of rotatable bonds is 5. The van der Waals surface area contributed by atoms with E-state index < -0.39 is 5.97 Å². The largest absolute Gasteiger partial charge is 0.480 e. The summed E-state index contributed by atoms with van der Waals surface area (Å²) in [6.07, 6.45) is 2.60. The Balaban J connectivity index is 1.90. The highest BCUT2D eigenvalue weighted by Crippen LogP contribution is 2.20. The van der Waals surface area contributed by atoms with Crippen molar-refractivity contribution in [3.8, 4) is 0 Å². The second-order valence-corrected chi connectivity index (χ2v) is 5.11. The van der Waals surface area contributed by atoms with Gasteiger partial charge in [-0.3, -0.25) is 19.1 Å². The highest BCUT2D eigenvalue weighted by Gasteiger charge is 2.29. The number of hydrogen-bond acceptors (Lipinski definition) is 5. The molecule has 0 unspecified atom stereocenters. The van der Waals surface area contributed by atoms with Crippen LogP contribution in [0, 0.1) is 5.92 Å². The molecule has 2 rings (SSSR count). The summed E-state index contributed by atoms with van der Waals surface area (Å²) in [5, 5.41) is 12.7. The molecule has 8 heteroatoms. The zero-order valence-electron chi connectivity index (χ0n) is 12.4. The van der Waals surface area contributed by atoms with Crippen molar-refractivity contribution in [3.05, 3.63) is 18.0 Å². The van der Waals surface area contributed by atoms with Crippen LogP contribution >= 0.6 is 0 Å². The number of carbonyl (C=O) groups is 3. The molecule has 22 heavy (non-hydrogen) atoms. The van der Waals surface area contributed by atoms with Crippen LogP contribution in [0.5, 0.6) is 0 Å². The molecule has 0 aromatic carbocycles. The monoisotopic (exact) mass is 309 g/mol. The molecule has 1 aliphatic heterocycles. The second-order valence-electron chi connectivity index (χ2n) is 5.11. The smallest absolute Gasteiger partial charge is 0.325 e. The van der Waals surface area contributed by atoms with E-state index in [0.29, 0.717) is 32.5 Å². The maximum Gasteiger partial charge on any atom is 0.325 e. The molecular formula is C14H19N3O5. The van der Waals surface area contributed by atoms with Gasteiger partial charge in [0.25, 0.3) is 5.91 Å². The van der Waals surface area contributed by atoms with Gasteiger partial charge in [0.05, 0.1) is 12.5 Å². The maximum absolute atomic E-state index is 12.3. The number of ether oxygens (including phenoxy) is 1. The number of esters is 1. The van der Waals surface area contributed by atoms with Gasteiger partial charge < -0.3 is 14.7 Å². The van der Waals surface area contributed by atoms with Gasteiger partial charge in [-0.2, -0.15) is 5.10 Å². The van der Waals surface area contributed by atoms with E-state index in [2.05, 4.69) is 5.10 Å². The minimum atomic E-state index is -1.02. The summed E-state index contributed by atoms with van der Waals surface area (Å²) in [6.45, 7) is 2.78. The van der Waals surface area contributed by atoms with Crippen LogP contribution in [0.15, 0.2) is 12.3 Å². The minimum absolute atomic E-state index is 0.159. The molecule has 0 spiro atoms. The molecule has 0 radical (unpaired) electrons. The van der Waals surface area contributed by atoms with Crippen molar-refractivity contribution in [2.75, 3.05) is 19.7 Å². The van der Waals surface area contributed by atoms with Crippen LogP contribution in [-0.2, 0) is 20.9 Å². The number of piperidine rings is 1. The first-order valence-corrected chi connectivity index (χ1v) is 7.22. The molecular weight excluding hydrogens is 290 g/mol. The molecule has 1 aromatic heterocycles. The Morgan fingerprint density at radius 2 is 2.05 bits per heavy atom. The lowest BCUT2D eigenvalue weighted by Gasteiger charge is -2.30. The zero-order valence-corrected chi connectivity index (χ0v) is 12.4. The van der Waals surface area contributed by atoms with Crippen LogP contribution < -0.4 is 0 Å². The fourth-order valence-corrected chi connectivity index (χ4v) is 2.44. The van der Waals surface area contributed by atoms with E-state index in [1.165, 1.54) is 16.9 Å². The first-order chi connectivity index (χ1) is 10.5. The number of aliphatic carboxylic acids is 1. The van der Waals surface area contributed by atoms with Gasteiger partial charge in [0, 0.05) is 19.3 Å². The summed E-state index contributed by atoms with van der Waals surface area (Å²) in [7, 11) is 0. The number of aromatic nitrogens is 2. The normalized spacial score (nSPS) is 15.6. The van der Waals surface area contributed by atoms with Crippen LogP contribution in [-0.4, -0.2) is 57.3 Å². The van der Waals surface area contributed by atoms with Crippen LogP contribution in [0.2, 0.25) is 0 Å². The fourth-order valence-electron chi connectivity index (χ4n) is 2.44. The number of nitrogens with zero attached hydrogens (tertiary/aromatic N) is 3. The van der Waals surface area contributed by atoms with Gasteiger partial charge in [-0.15, -0.1) is 0 Å². The Labute approximate surface area is 127 Å². The average molecular weight is 309 g/mol. The van der Waals surface area contributed by atoms with Crippen LogP contribution in [0.25, 0.3) is 0 Å². The molecule has 0 saturated carbocycles. The van der Waals surface area contributed by atoms with E-state index in [0.717, 1.165) is 0 Å². The zero-order chi connectivity index (χ0) is 16.1. The number of carboxylic acids is 1. The third-order valence-electron chi connectivity index (χ3n) is 3.56. The Morgan fingerprint density at radius 3 is 2.64 bits per heavy atom. The summed E-state index contributed by atoms with van der Waals surface area (Å²) in [5.74, 6) is -1.63. The predicted molar refractivity (Wildman–Crippen MR) is 75.1 cm³/mol. The molecule has 1 aliphatic rings. The quantitative estimate of drug-likeness (QED) is 0.789. The molecule has 1 amide bonds. The molecule has 0 bridgehead atoms. The van der Waals surface area contributed by atoms with Gasteiger partial charge in [-0.1, -0.05) is 0 Å². The number of likely N-dealkylation sites (tertiary alicyclic amines) is 1. The maximum atomic E-state index is 12.3. The van der Waals surface area contributed by atoms with Crippen molar-refractivity contribution in [2.45, 2.75) is 26.3 Å². The van der Waals surface area contributed by atoms with Gasteiger partial charge in [-0.05, 0) is 25.8 Å². The Bertz CT molecular complexity index is 561. The topological polar surface area (TPSA) is 102 Å². The van der Waals surface area contributed by atoms with Gasteiger partial charge >= 0.3 is 11.9 Å². The second kappa shape index (κ2) is 7.06. The number of carboxylic acid groups (broad SMARTS) is 1. The van der Waals surface area contributed by atoms with E-state index >= 15 is 0 Å². The molecule has 0 aliphatic carbocycles. The minimum Gasteiger partial charge on any atom is -0.480 e. The number of carbonyl (C=O) groups excluding carboxylic acids is 2. The molecule has 120 valence electrons. The third kappa shape index (κ3) is 3.84. The van der Waals surface area contributed by atoms with E-state index in [1.54, 1.807) is 11.8 Å². The lowest BCUT2D eigenvalue weighted by molar-refractivity contribution is -0.149. The van der Waals surface area contributed by atoms with Crippen LogP contribution in [0.4, 0.5) is 0 Å². The van der Waals surface area contributed by atoms with Crippen LogP contribution in [0.3, 0.4) is 0 Å². The van der Waals surface area contributed by atoms with E-state index in [9.17, 15) is 14.4 Å². The third-order valence-corrected chi connectivity index (χ3v) is 3.56. The van der Waals surface area contributed by atoms with Crippen molar-refractivity contribution in [2.24, 2.45) is 5.92 Å². The van der Waals surface area contributed by atoms with Gasteiger partial charge in [0.1, 0.15) is 12.2 Å². The summed E-state index contributed by atoms with van der Waals surface area (Å²) in [5.41, 5.74) is 0.218. The fraction of sp³-hybridized carbons (Fsp3) is 0.571. The Hall–Kier alpha value is -2.38. The SMILES string of the molecule is CCOC(=O)C1CCN(C(=O)c2ccn(CC(=O)O)n2)CC1. The summed E-state index contributed by atoms with van der Waals surface area (Å²) in [6, 6.07) is 1.50. The highest BCUT2D eigenvalue weighted by atomic mass is 16.5. The van der Waals surface area contributed by atoms with Gasteiger partial charge in [-0.25, -0.2) is 0 Å². The van der Waals surface area contributed by atoms with Gasteiger partial charge in [0.15, 0.2) is 0 Å². The van der Waals surface area contributed by atoms with Crippen molar-refractivity contribution in [3.63, 3.8) is 0 Å². The Kier molecular flexibility index (Phi) is 5.13. The molecule has 1 aromatic rings. The van der Waals surface area contributed by atoms with Crippen molar-refractivity contribution < 1.29 is 24.2 Å². The molecule has 0 atom stereocenters. The lowest BCUT2D eigenvalue weighted by Crippen LogP contribution is -2.40.